The van der Waals surface area contributed by atoms with Gasteiger partial charge >= 0.3 is 0 Å². The van der Waals surface area contributed by atoms with Crippen LogP contribution in [0.15, 0.2) is 0 Å². The van der Waals surface area contributed by atoms with Crippen LogP contribution in [0, 0.1) is 52.8 Å². The van der Waals surface area contributed by atoms with E-state index in [-0.39, 0.29) is 17.4 Å². The first-order chi connectivity index (χ1) is 14.7. The highest BCUT2D eigenvalue weighted by Gasteiger charge is 2.68. The summed E-state index contributed by atoms with van der Waals surface area (Å²) in [6.45, 7) is 9.50. The van der Waals surface area contributed by atoms with Crippen LogP contribution in [0.4, 0.5) is 0 Å². The zero-order chi connectivity index (χ0) is 21.7. The van der Waals surface area contributed by atoms with Crippen molar-refractivity contribution in [1.29, 1.82) is 0 Å². The number of ketones is 1. The van der Waals surface area contributed by atoms with Crippen molar-refractivity contribution in [2.75, 3.05) is 13.1 Å². The van der Waals surface area contributed by atoms with Crippen molar-refractivity contribution in [2.24, 2.45) is 52.8 Å². The van der Waals surface area contributed by atoms with Gasteiger partial charge in [-0.15, -0.1) is 0 Å². The van der Waals surface area contributed by atoms with Gasteiger partial charge in [-0.25, -0.2) is 0 Å². The van der Waals surface area contributed by atoms with Crippen molar-refractivity contribution in [2.45, 2.75) is 96.3 Å². The number of nitrogens with zero attached hydrogens (tertiary/aromatic N) is 1. The molecule has 4 nitrogen and oxygen atoms in total. The number of rotatable bonds is 0. The molecule has 2 aliphatic heterocycles. The molecule has 6 aliphatic rings. The van der Waals surface area contributed by atoms with E-state index in [9.17, 15) is 15.0 Å². The average Bonchev–Trinajstić information content (AvgIpc) is 3.03. The van der Waals surface area contributed by atoms with Gasteiger partial charge in [-0.05, 0) is 91.8 Å². The average molecular weight is 430 g/mol. The predicted octanol–water partition coefficient (Wildman–Crippen LogP) is 3.89. The van der Waals surface area contributed by atoms with Crippen LogP contribution < -0.4 is 0 Å². The third-order valence-corrected chi connectivity index (χ3v) is 11.9. The van der Waals surface area contributed by atoms with Crippen LogP contribution in [0.25, 0.3) is 0 Å². The van der Waals surface area contributed by atoms with E-state index in [1.54, 1.807) is 0 Å². The topological polar surface area (TPSA) is 60.8 Å². The maximum Gasteiger partial charge on any atom is 0.133 e. The fraction of sp³-hybridized carbons (Fsp3) is 0.963. The molecule has 12 atom stereocenters. The van der Waals surface area contributed by atoms with E-state index in [1.165, 1.54) is 25.8 Å². The van der Waals surface area contributed by atoms with Crippen LogP contribution in [0.1, 0.15) is 78.6 Å². The molecule has 2 heterocycles. The van der Waals surface area contributed by atoms with Crippen molar-refractivity contribution in [3.63, 3.8) is 0 Å². The van der Waals surface area contributed by atoms with Gasteiger partial charge in [-0.1, -0.05) is 20.8 Å². The quantitative estimate of drug-likeness (QED) is 0.613. The smallest absolute Gasteiger partial charge is 0.133 e. The molecule has 0 spiro atoms. The molecule has 0 amide bonds. The molecule has 31 heavy (non-hydrogen) atoms. The minimum atomic E-state index is -0.572. The summed E-state index contributed by atoms with van der Waals surface area (Å²) in [6.07, 6.45) is 8.58. The Balaban J connectivity index is 1.33. The van der Waals surface area contributed by atoms with E-state index >= 15 is 0 Å². The number of piperidine rings is 2. The summed E-state index contributed by atoms with van der Waals surface area (Å²) in [5.74, 6) is 4.17. The maximum atomic E-state index is 12.5. The molecule has 2 N–H and O–H groups in total. The molecule has 4 heteroatoms. The van der Waals surface area contributed by atoms with Crippen LogP contribution in [-0.4, -0.2) is 51.7 Å². The van der Waals surface area contributed by atoms with Gasteiger partial charge in [0, 0.05) is 37.9 Å². The van der Waals surface area contributed by atoms with Crippen LogP contribution in [-0.2, 0) is 4.79 Å². The first kappa shape index (κ1) is 21.1. The zero-order valence-electron chi connectivity index (χ0n) is 19.8. The lowest BCUT2D eigenvalue weighted by molar-refractivity contribution is -0.164. The molecule has 4 saturated carbocycles. The number of carbonyl (C=O) groups excluding carboxylic acids is 1. The molecule has 0 aromatic rings. The number of hydrogen-bond acceptors (Lipinski definition) is 4. The molecule has 0 aromatic heterocycles. The summed E-state index contributed by atoms with van der Waals surface area (Å²) < 4.78 is 0. The molecule has 0 bridgehead atoms. The van der Waals surface area contributed by atoms with Gasteiger partial charge in [0.2, 0.25) is 0 Å². The summed E-state index contributed by atoms with van der Waals surface area (Å²) >= 11 is 0. The van der Waals surface area contributed by atoms with Crippen LogP contribution >= 0.6 is 0 Å². The number of fused-ring (bicyclic) bond motifs is 8. The van der Waals surface area contributed by atoms with E-state index in [2.05, 4.69) is 25.7 Å². The standard InChI is InChI=1S/C27H43NO3/c1-15-4-7-24-16(2)18-5-6-20-19-11-25(30)21-10-17(29)8-9-26(21,3)22(19)12-27(20,31)23(18)14-28(24)13-15/h15-16,18-25,30-31H,4-14H2,1-3H3/t15-,16-,18-,19+,20+,21-,22+,23-,24+,25-,26+,27+/m1/s1. The Morgan fingerprint density at radius 3 is 2.58 bits per heavy atom. The first-order valence-electron chi connectivity index (χ1n) is 13.4. The number of aliphatic hydroxyl groups excluding tert-OH is 1. The minimum absolute atomic E-state index is 0.0151. The highest BCUT2D eigenvalue weighted by Crippen LogP contribution is 2.68. The maximum absolute atomic E-state index is 12.5. The van der Waals surface area contributed by atoms with Gasteiger partial charge < -0.3 is 10.2 Å². The molecule has 2 saturated heterocycles. The number of carbonyl (C=O) groups is 1. The fourth-order valence-corrected chi connectivity index (χ4v) is 10.4. The normalized spacial score (nSPS) is 59.2. The molecule has 6 rings (SSSR count). The lowest BCUT2D eigenvalue weighted by Gasteiger charge is -2.59. The second-order valence-corrected chi connectivity index (χ2v) is 13.1. The number of Topliss-reactive ketones (excluding diaryl/α,β-unsaturated/α-hetero) is 1. The Hall–Kier alpha value is -0.450. The summed E-state index contributed by atoms with van der Waals surface area (Å²) in [6, 6.07) is 0.717. The van der Waals surface area contributed by atoms with Crippen molar-refractivity contribution in [3.8, 4) is 0 Å². The fourth-order valence-electron chi connectivity index (χ4n) is 10.4. The minimum Gasteiger partial charge on any atom is -0.393 e. The molecular weight excluding hydrogens is 386 g/mol. The molecule has 4 aliphatic carbocycles. The van der Waals surface area contributed by atoms with Gasteiger partial charge in [-0.2, -0.15) is 0 Å². The van der Waals surface area contributed by atoms with Gasteiger partial charge in [0.25, 0.3) is 0 Å². The van der Waals surface area contributed by atoms with Gasteiger partial charge in [-0.3, -0.25) is 9.69 Å². The van der Waals surface area contributed by atoms with Crippen molar-refractivity contribution < 1.29 is 15.0 Å². The largest absolute Gasteiger partial charge is 0.393 e. The summed E-state index contributed by atoms with van der Waals surface area (Å²) in [5, 5.41) is 23.6. The molecule has 0 radical (unpaired) electrons. The van der Waals surface area contributed by atoms with Gasteiger partial charge in [0.15, 0.2) is 0 Å². The summed E-state index contributed by atoms with van der Waals surface area (Å²) in [7, 11) is 0. The van der Waals surface area contributed by atoms with E-state index in [4.69, 9.17) is 0 Å². The molecule has 0 unspecified atom stereocenters. The van der Waals surface area contributed by atoms with E-state index < -0.39 is 5.60 Å². The lowest BCUT2D eigenvalue weighted by atomic mass is 9.51. The molecule has 174 valence electrons. The third-order valence-electron chi connectivity index (χ3n) is 11.9. The van der Waals surface area contributed by atoms with Crippen molar-refractivity contribution >= 4 is 5.78 Å². The van der Waals surface area contributed by atoms with Gasteiger partial charge in [0.1, 0.15) is 5.78 Å². The Labute approximate surface area is 188 Å². The van der Waals surface area contributed by atoms with Gasteiger partial charge in [0.05, 0.1) is 11.7 Å². The van der Waals surface area contributed by atoms with Crippen LogP contribution in [0.3, 0.4) is 0 Å². The van der Waals surface area contributed by atoms with Crippen LogP contribution in [0.5, 0.6) is 0 Å². The Morgan fingerprint density at radius 2 is 1.77 bits per heavy atom. The van der Waals surface area contributed by atoms with Crippen molar-refractivity contribution in [1.82, 2.24) is 4.90 Å². The Bertz CT molecular complexity index is 753. The second kappa shape index (κ2) is 7.03. The highest BCUT2D eigenvalue weighted by atomic mass is 16.3. The third kappa shape index (κ3) is 2.86. The van der Waals surface area contributed by atoms with E-state index in [1.807, 2.05) is 0 Å². The zero-order valence-corrected chi connectivity index (χ0v) is 19.8. The lowest BCUT2D eigenvalue weighted by Crippen LogP contribution is -2.63. The SMILES string of the molecule is C[C@@H]1CC[C@H]2[C@H](C)[C@H]3CC[C@H]4[C@@H]5C[C@@H](O)[C@H]6CC(=O)CC[C@]6(C)[C@H]5C[C@@]4(O)[C@@H]3CN2C1. The van der Waals surface area contributed by atoms with E-state index in [0.29, 0.717) is 60.2 Å². The molecular formula is C27H43NO3. The summed E-state index contributed by atoms with van der Waals surface area (Å²) in [4.78, 5) is 15.0. The van der Waals surface area contributed by atoms with Crippen molar-refractivity contribution in [3.05, 3.63) is 0 Å². The second-order valence-electron chi connectivity index (χ2n) is 13.1. The number of hydrogen-bond donors (Lipinski definition) is 2. The number of aliphatic hydroxyl groups is 2. The van der Waals surface area contributed by atoms with Crippen LogP contribution in [0.2, 0.25) is 0 Å². The van der Waals surface area contributed by atoms with E-state index in [0.717, 1.165) is 38.1 Å². The predicted molar refractivity (Wildman–Crippen MR) is 120 cm³/mol. The monoisotopic (exact) mass is 429 g/mol. The molecule has 6 fully saturated rings. The summed E-state index contributed by atoms with van der Waals surface area (Å²) in [5.41, 5.74) is -0.557. The Morgan fingerprint density at radius 1 is 0.968 bits per heavy atom. The highest BCUT2D eigenvalue weighted by molar-refractivity contribution is 5.79. The Kier molecular flexibility index (Phi) is 4.78. The molecule has 0 aromatic carbocycles. The first-order valence-corrected chi connectivity index (χ1v) is 13.4.